The first-order valence-electron chi connectivity index (χ1n) is 6.35. The number of aromatic nitrogens is 2. The van der Waals surface area contributed by atoms with Gasteiger partial charge in [0.05, 0.1) is 18.5 Å². The van der Waals surface area contributed by atoms with Crippen LogP contribution in [0.3, 0.4) is 0 Å². The summed E-state index contributed by atoms with van der Waals surface area (Å²) in [5, 5.41) is 22.7. The first-order valence-corrected chi connectivity index (χ1v) is 6.35. The van der Waals surface area contributed by atoms with Crippen LogP contribution in [0.4, 0.5) is 4.39 Å². The van der Waals surface area contributed by atoms with Crippen LogP contribution in [-0.4, -0.2) is 51.0 Å². The zero-order valence-corrected chi connectivity index (χ0v) is 11.7. The lowest BCUT2D eigenvalue weighted by Crippen LogP contribution is -2.30. The highest BCUT2D eigenvalue weighted by molar-refractivity contribution is 5.94. The lowest BCUT2D eigenvalue weighted by Gasteiger charge is -2.13. The largest absolute Gasteiger partial charge is 0.504 e. The third-order valence-corrected chi connectivity index (χ3v) is 3.09. The maximum absolute atomic E-state index is 13.1. The van der Waals surface area contributed by atoms with Crippen LogP contribution in [0.5, 0.6) is 5.75 Å². The Bertz CT molecular complexity index is 669. The predicted octanol–water partition coefficient (Wildman–Crippen LogP) is 1.09. The number of aryl methyl sites for hydroxylation is 1. The average Bonchev–Trinajstić information content (AvgIpc) is 2.80. The number of carbonyl (C=O) groups is 1. The zero-order chi connectivity index (χ0) is 15.6. The van der Waals surface area contributed by atoms with Crippen molar-refractivity contribution in [2.45, 2.75) is 6.92 Å². The van der Waals surface area contributed by atoms with E-state index in [1.165, 1.54) is 41.0 Å². The Hall–Kier alpha value is -2.41. The first kappa shape index (κ1) is 15.0. The molecule has 0 unspecified atom stereocenters. The van der Waals surface area contributed by atoms with E-state index in [0.717, 1.165) is 0 Å². The third kappa shape index (κ3) is 3.03. The Balaban J connectivity index is 2.37. The number of likely N-dealkylation sites (N-methyl/N-ethyl adjacent to an activating group) is 1. The van der Waals surface area contributed by atoms with Gasteiger partial charge in [0, 0.05) is 13.6 Å². The second kappa shape index (κ2) is 5.92. The van der Waals surface area contributed by atoms with Gasteiger partial charge in [-0.15, -0.1) is 0 Å². The monoisotopic (exact) mass is 293 g/mol. The van der Waals surface area contributed by atoms with E-state index >= 15 is 0 Å². The van der Waals surface area contributed by atoms with E-state index in [9.17, 15) is 14.3 Å². The molecule has 0 spiro atoms. The van der Waals surface area contributed by atoms with Crippen LogP contribution >= 0.6 is 0 Å². The number of amides is 1. The summed E-state index contributed by atoms with van der Waals surface area (Å²) in [5.74, 6) is -1.14. The fourth-order valence-electron chi connectivity index (χ4n) is 1.95. The maximum atomic E-state index is 13.1. The van der Waals surface area contributed by atoms with Crippen molar-refractivity contribution in [1.82, 2.24) is 14.7 Å². The second-order valence-corrected chi connectivity index (χ2v) is 4.69. The van der Waals surface area contributed by atoms with Crippen LogP contribution < -0.4 is 0 Å². The van der Waals surface area contributed by atoms with Gasteiger partial charge in [-0.25, -0.2) is 9.07 Å². The molecule has 0 saturated heterocycles. The summed E-state index contributed by atoms with van der Waals surface area (Å²) in [7, 11) is 1.50. The number of halogens is 1. The maximum Gasteiger partial charge on any atom is 0.278 e. The van der Waals surface area contributed by atoms with Gasteiger partial charge in [0.25, 0.3) is 5.91 Å². The summed E-state index contributed by atoms with van der Waals surface area (Å²) in [5.41, 5.74) is 1.07. The Morgan fingerprint density at radius 2 is 2.19 bits per heavy atom. The molecule has 1 amide bonds. The number of benzene rings is 1. The van der Waals surface area contributed by atoms with Crippen LogP contribution in [0.1, 0.15) is 16.1 Å². The molecule has 0 bridgehead atoms. The van der Waals surface area contributed by atoms with Gasteiger partial charge in [0.2, 0.25) is 0 Å². The van der Waals surface area contributed by atoms with Gasteiger partial charge in [-0.3, -0.25) is 4.79 Å². The second-order valence-electron chi connectivity index (χ2n) is 4.69. The molecule has 0 aliphatic carbocycles. The number of nitrogens with zero attached hydrogens (tertiary/aromatic N) is 3. The van der Waals surface area contributed by atoms with Crippen molar-refractivity contribution in [2.75, 3.05) is 20.2 Å². The topological polar surface area (TPSA) is 78.6 Å². The van der Waals surface area contributed by atoms with Crippen molar-refractivity contribution in [3.8, 4) is 11.4 Å². The molecule has 2 N–H and O–H groups in total. The number of carbonyl (C=O) groups excluding carboxylic acids is 1. The quantitative estimate of drug-likeness (QED) is 0.884. The van der Waals surface area contributed by atoms with E-state index in [4.69, 9.17) is 5.11 Å². The standard InChI is InChI=1S/C14H16FN3O3/c1-9-7-10(15)3-4-11(9)18-8-12(20)13(16-18)14(21)17(2)5-6-19/h3-4,7-8,19-20H,5-6H2,1-2H3. The van der Waals surface area contributed by atoms with Gasteiger partial charge in [0.15, 0.2) is 11.4 Å². The summed E-state index contributed by atoms with van der Waals surface area (Å²) in [6.45, 7) is 1.66. The van der Waals surface area contributed by atoms with Gasteiger partial charge in [0.1, 0.15) is 5.82 Å². The predicted molar refractivity (Wildman–Crippen MR) is 74.0 cm³/mol. The number of hydrogen-bond acceptors (Lipinski definition) is 4. The van der Waals surface area contributed by atoms with Crippen molar-refractivity contribution in [3.05, 3.63) is 41.5 Å². The molecule has 2 rings (SSSR count). The summed E-state index contributed by atoms with van der Waals surface area (Å²) < 4.78 is 14.4. The lowest BCUT2D eigenvalue weighted by molar-refractivity contribution is 0.0757. The Kier molecular flexibility index (Phi) is 4.23. The van der Waals surface area contributed by atoms with Crippen molar-refractivity contribution in [3.63, 3.8) is 0 Å². The molecule has 0 aliphatic heterocycles. The highest BCUT2D eigenvalue weighted by atomic mass is 19.1. The van der Waals surface area contributed by atoms with Crippen LogP contribution in [-0.2, 0) is 0 Å². The highest BCUT2D eigenvalue weighted by Gasteiger charge is 2.20. The first-order chi connectivity index (χ1) is 9.93. The van der Waals surface area contributed by atoms with Gasteiger partial charge in [-0.05, 0) is 30.7 Å². The smallest absolute Gasteiger partial charge is 0.278 e. The Morgan fingerprint density at radius 3 is 2.81 bits per heavy atom. The molecule has 6 nitrogen and oxygen atoms in total. The SMILES string of the molecule is Cc1cc(F)ccc1-n1cc(O)c(C(=O)N(C)CCO)n1. The molecule has 0 aliphatic rings. The van der Waals surface area contributed by atoms with Crippen LogP contribution in [0.15, 0.2) is 24.4 Å². The molecule has 0 saturated carbocycles. The van der Waals surface area contributed by atoms with Crippen LogP contribution in [0, 0.1) is 12.7 Å². The number of hydrogen-bond donors (Lipinski definition) is 2. The van der Waals surface area contributed by atoms with Crippen molar-refractivity contribution >= 4 is 5.91 Å². The molecular formula is C14H16FN3O3. The van der Waals surface area contributed by atoms with E-state index in [1.54, 1.807) is 6.92 Å². The molecule has 0 radical (unpaired) electrons. The van der Waals surface area contributed by atoms with Gasteiger partial charge < -0.3 is 15.1 Å². The molecule has 21 heavy (non-hydrogen) atoms. The molecule has 1 aromatic heterocycles. The number of aliphatic hydroxyl groups is 1. The van der Waals surface area contributed by atoms with Crippen molar-refractivity contribution in [2.24, 2.45) is 0 Å². The van der Waals surface area contributed by atoms with Crippen LogP contribution in [0.2, 0.25) is 0 Å². The molecule has 0 fully saturated rings. The van der Waals surface area contributed by atoms with E-state index in [1.807, 2.05) is 0 Å². The molecule has 2 aromatic rings. The fourth-order valence-corrected chi connectivity index (χ4v) is 1.95. The zero-order valence-electron chi connectivity index (χ0n) is 11.7. The van der Waals surface area contributed by atoms with E-state index < -0.39 is 5.91 Å². The summed E-state index contributed by atoms with van der Waals surface area (Å²) in [4.78, 5) is 13.3. The van der Waals surface area contributed by atoms with E-state index in [0.29, 0.717) is 11.3 Å². The number of rotatable bonds is 4. The van der Waals surface area contributed by atoms with E-state index in [2.05, 4.69) is 5.10 Å². The minimum Gasteiger partial charge on any atom is -0.504 e. The lowest BCUT2D eigenvalue weighted by atomic mass is 10.2. The molecule has 0 atom stereocenters. The van der Waals surface area contributed by atoms with Crippen molar-refractivity contribution in [1.29, 1.82) is 0 Å². The van der Waals surface area contributed by atoms with Gasteiger partial charge in [-0.1, -0.05) is 0 Å². The minimum atomic E-state index is -0.500. The summed E-state index contributed by atoms with van der Waals surface area (Å²) >= 11 is 0. The molecule has 112 valence electrons. The Labute approximate surface area is 121 Å². The Morgan fingerprint density at radius 1 is 1.48 bits per heavy atom. The third-order valence-electron chi connectivity index (χ3n) is 3.09. The molecule has 1 heterocycles. The highest BCUT2D eigenvalue weighted by Crippen LogP contribution is 2.21. The van der Waals surface area contributed by atoms with E-state index in [-0.39, 0.29) is 30.4 Å². The van der Waals surface area contributed by atoms with Crippen molar-refractivity contribution < 1.29 is 19.4 Å². The molecular weight excluding hydrogens is 277 g/mol. The van der Waals surface area contributed by atoms with Crippen LogP contribution in [0.25, 0.3) is 5.69 Å². The normalized spacial score (nSPS) is 10.7. The average molecular weight is 293 g/mol. The number of aliphatic hydroxyl groups excluding tert-OH is 1. The minimum absolute atomic E-state index is 0.116. The molecule has 1 aromatic carbocycles. The summed E-state index contributed by atoms with van der Waals surface area (Å²) in [6.07, 6.45) is 1.29. The fraction of sp³-hybridized carbons (Fsp3) is 0.286. The summed E-state index contributed by atoms with van der Waals surface area (Å²) in [6, 6.07) is 4.14. The van der Waals surface area contributed by atoms with Gasteiger partial charge in [-0.2, -0.15) is 5.10 Å². The van der Waals surface area contributed by atoms with Gasteiger partial charge >= 0.3 is 0 Å². The molecule has 7 heteroatoms. The number of aromatic hydroxyl groups is 1.